The van der Waals surface area contributed by atoms with E-state index in [-0.39, 0.29) is 15.6 Å². The van der Waals surface area contributed by atoms with Gasteiger partial charge >= 0.3 is 0 Å². The lowest BCUT2D eigenvalue weighted by Crippen LogP contribution is -2.23. The average molecular weight is 441 g/mol. The van der Waals surface area contributed by atoms with E-state index in [2.05, 4.69) is 5.10 Å². The maximum absolute atomic E-state index is 12.6. The van der Waals surface area contributed by atoms with Crippen molar-refractivity contribution in [2.24, 2.45) is 5.14 Å². The third-order valence-corrected chi connectivity index (χ3v) is 6.87. The molecule has 0 aliphatic rings. The van der Waals surface area contributed by atoms with Crippen LogP contribution in [-0.4, -0.2) is 45.0 Å². The molecule has 0 aliphatic carbocycles. The summed E-state index contributed by atoms with van der Waals surface area (Å²) in [7, 11) is -5.16. The Hall–Kier alpha value is -2.24. The quantitative estimate of drug-likeness (QED) is 0.652. The van der Waals surface area contributed by atoms with Gasteiger partial charge in [-0.2, -0.15) is 5.10 Å². The number of halogens is 1. The molecule has 0 unspecified atom stereocenters. The monoisotopic (exact) mass is 440 g/mol. The maximum atomic E-state index is 12.6. The molecule has 3 aromatic rings. The van der Waals surface area contributed by atoms with Crippen molar-refractivity contribution < 1.29 is 16.8 Å². The molecule has 1 aromatic heterocycles. The van der Waals surface area contributed by atoms with E-state index in [1.807, 2.05) is 0 Å². The Morgan fingerprint density at radius 3 is 2.18 bits per heavy atom. The van der Waals surface area contributed by atoms with Crippen LogP contribution in [-0.2, 0) is 20.0 Å². The highest BCUT2D eigenvalue weighted by atomic mass is 35.5. The van der Waals surface area contributed by atoms with E-state index in [9.17, 15) is 16.8 Å². The van der Waals surface area contributed by atoms with Crippen LogP contribution in [0.3, 0.4) is 0 Å². The standard InChI is InChI=1S/C17H17ClN4O4S2/c1-21(2)28(25,26)17-11-15(12-7-9-13(18)10-8-12)22(20-17)14-5-3-4-6-16(14)27(19,23)24/h3-11H,1-2H3,(H2,19,23,24). The third-order valence-electron chi connectivity index (χ3n) is 3.97. The average Bonchev–Trinajstić information content (AvgIpc) is 3.07. The van der Waals surface area contributed by atoms with Gasteiger partial charge in [0, 0.05) is 30.7 Å². The lowest BCUT2D eigenvalue weighted by atomic mass is 10.1. The zero-order valence-electron chi connectivity index (χ0n) is 14.9. The lowest BCUT2D eigenvalue weighted by molar-refractivity contribution is 0.515. The first-order chi connectivity index (χ1) is 13.0. The first-order valence-electron chi connectivity index (χ1n) is 7.92. The van der Waals surface area contributed by atoms with Crippen LogP contribution in [0.1, 0.15) is 0 Å². The van der Waals surface area contributed by atoms with E-state index in [1.165, 1.54) is 43.0 Å². The van der Waals surface area contributed by atoms with Gasteiger partial charge in [-0.15, -0.1) is 0 Å². The highest BCUT2D eigenvalue weighted by molar-refractivity contribution is 7.89. The number of rotatable bonds is 5. The van der Waals surface area contributed by atoms with Gasteiger partial charge in [0.05, 0.1) is 11.4 Å². The van der Waals surface area contributed by atoms with Gasteiger partial charge in [0.2, 0.25) is 10.0 Å². The molecule has 0 bridgehead atoms. The molecule has 0 spiro atoms. The Labute approximate surface area is 168 Å². The molecule has 11 heteroatoms. The fourth-order valence-corrected chi connectivity index (χ4v) is 4.21. The molecule has 0 fully saturated rings. The number of nitrogens with two attached hydrogens (primary N) is 1. The zero-order valence-corrected chi connectivity index (χ0v) is 17.3. The van der Waals surface area contributed by atoms with E-state index in [1.54, 1.807) is 30.3 Å². The number of hydrogen-bond acceptors (Lipinski definition) is 5. The van der Waals surface area contributed by atoms with Gasteiger partial charge in [0.25, 0.3) is 10.0 Å². The first-order valence-corrected chi connectivity index (χ1v) is 11.3. The van der Waals surface area contributed by atoms with E-state index in [4.69, 9.17) is 16.7 Å². The van der Waals surface area contributed by atoms with Crippen molar-refractivity contribution in [3.8, 4) is 16.9 Å². The summed E-state index contributed by atoms with van der Waals surface area (Å²) < 4.78 is 51.5. The SMILES string of the molecule is CN(C)S(=O)(=O)c1cc(-c2ccc(Cl)cc2)n(-c2ccccc2S(N)(=O)=O)n1. The van der Waals surface area contributed by atoms with Gasteiger partial charge in [-0.25, -0.2) is 31.0 Å². The van der Waals surface area contributed by atoms with Crippen molar-refractivity contribution in [3.05, 3.63) is 59.6 Å². The van der Waals surface area contributed by atoms with Crippen LogP contribution in [0.2, 0.25) is 5.02 Å². The van der Waals surface area contributed by atoms with Crippen LogP contribution in [0.4, 0.5) is 0 Å². The van der Waals surface area contributed by atoms with Gasteiger partial charge < -0.3 is 0 Å². The Morgan fingerprint density at radius 2 is 1.61 bits per heavy atom. The highest BCUT2D eigenvalue weighted by Crippen LogP contribution is 2.30. The minimum Gasteiger partial charge on any atom is -0.230 e. The number of nitrogens with zero attached hydrogens (tertiary/aromatic N) is 3. The number of para-hydroxylation sites is 1. The molecule has 28 heavy (non-hydrogen) atoms. The van der Waals surface area contributed by atoms with E-state index >= 15 is 0 Å². The molecule has 148 valence electrons. The molecule has 0 radical (unpaired) electrons. The second kappa shape index (κ2) is 7.30. The van der Waals surface area contributed by atoms with Crippen molar-refractivity contribution in [1.29, 1.82) is 0 Å². The van der Waals surface area contributed by atoms with Crippen molar-refractivity contribution >= 4 is 31.6 Å². The predicted molar refractivity (Wildman–Crippen MR) is 106 cm³/mol. The van der Waals surface area contributed by atoms with Crippen LogP contribution in [0.25, 0.3) is 16.9 Å². The summed E-state index contributed by atoms with van der Waals surface area (Å²) in [6.07, 6.45) is 0. The lowest BCUT2D eigenvalue weighted by Gasteiger charge is -2.11. The van der Waals surface area contributed by atoms with Crippen LogP contribution in [0.15, 0.2) is 64.5 Å². The summed E-state index contributed by atoms with van der Waals surface area (Å²) in [6.45, 7) is 0. The maximum Gasteiger partial charge on any atom is 0.261 e. The molecule has 0 aliphatic heterocycles. The van der Waals surface area contributed by atoms with Gasteiger partial charge in [0.1, 0.15) is 4.90 Å². The fourth-order valence-electron chi connectivity index (χ4n) is 2.56. The minimum atomic E-state index is -4.07. The van der Waals surface area contributed by atoms with Crippen molar-refractivity contribution in [2.45, 2.75) is 9.92 Å². The second-order valence-corrected chi connectivity index (χ2v) is 10.2. The first kappa shape index (κ1) is 20.5. The number of primary sulfonamides is 1. The largest absolute Gasteiger partial charge is 0.261 e. The topological polar surface area (TPSA) is 115 Å². The second-order valence-electron chi connectivity index (χ2n) is 6.09. The molecule has 2 N–H and O–H groups in total. The molecule has 0 saturated carbocycles. The Morgan fingerprint density at radius 1 is 1.00 bits per heavy atom. The molecule has 0 amide bonds. The summed E-state index contributed by atoms with van der Waals surface area (Å²) in [5.41, 5.74) is 1.10. The van der Waals surface area contributed by atoms with Gasteiger partial charge in [-0.05, 0) is 24.3 Å². The Kier molecular flexibility index (Phi) is 5.34. The smallest absolute Gasteiger partial charge is 0.230 e. The van der Waals surface area contributed by atoms with Crippen LogP contribution < -0.4 is 5.14 Å². The minimum absolute atomic E-state index is 0.134. The van der Waals surface area contributed by atoms with Gasteiger partial charge in [0.15, 0.2) is 5.03 Å². The molecule has 3 rings (SSSR count). The number of sulfonamides is 2. The van der Waals surface area contributed by atoms with Gasteiger partial charge in [-0.1, -0.05) is 35.9 Å². The number of benzene rings is 2. The molecule has 1 heterocycles. The predicted octanol–water partition coefficient (Wildman–Crippen LogP) is 2.09. The Bertz CT molecular complexity index is 1230. The summed E-state index contributed by atoms with van der Waals surface area (Å²) in [5.74, 6) is 0. The van der Waals surface area contributed by atoms with E-state index < -0.39 is 20.0 Å². The fraction of sp³-hybridized carbons (Fsp3) is 0.118. The summed E-state index contributed by atoms with van der Waals surface area (Å²) in [4.78, 5) is -0.179. The molecule has 2 aromatic carbocycles. The summed E-state index contributed by atoms with van der Waals surface area (Å²) in [5, 5.41) is 9.78. The summed E-state index contributed by atoms with van der Waals surface area (Å²) >= 11 is 5.94. The van der Waals surface area contributed by atoms with Gasteiger partial charge in [-0.3, -0.25) is 0 Å². The third kappa shape index (κ3) is 3.82. The Balaban J connectivity index is 2.35. The molecule has 0 atom stereocenters. The van der Waals surface area contributed by atoms with Crippen LogP contribution >= 0.6 is 11.6 Å². The van der Waals surface area contributed by atoms with Crippen molar-refractivity contribution in [2.75, 3.05) is 14.1 Å². The molecule has 0 saturated heterocycles. The highest BCUT2D eigenvalue weighted by Gasteiger charge is 2.26. The molecular weight excluding hydrogens is 424 g/mol. The van der Waals surface area contributed by atoms with Crippen LogP contribution in [0.5, 0.6) is 0 Å². The number of aromatic nitrogens is 2. The van der Waals surface area contributed by atoms with Crippen molar-refractivity contribution in [1.82, 2.24) is 14.1 Å². The zero-order chi connectivity index (χ0) is 20.7. The normalized spacial score (nSPS) is 12.5. The van der Waals surface area contributed by atoms with Crippen molar-refractivity contribution in [3.63, 3.8) is 0 Å². The summed E-state index contributed by atoms with van der Waals surface area (Å²) in [6, 6.07) is 14.0. The molecule has 8 nitrogen and oxygen atoms in total. The molecular formula is C17H17ClN4O4S2. The van der Waals surface area contributed by atoms with Crippen LogP contribution in [0, 0.1) is 0 Å². The van der Waals surface area contributed by atoms with E-state index in [0.29, 0.717) is 16.3 Å². The van der Waals surface area contributed by atoms with E-state index in [0.717, 1.165) is 4.31 Å². The number of hydrogen-bond donors (Lipinski definition) is 1.